The van der Waals surface area contributed by atoms with Crippen LogP contribution in [0.3, 0.4) is 0 Å². The summed E-state index contributed by atoms with van der Waals surface area (Å²) in [5.74, 6) is 0. The predicted octanol–water partition coefficient (Wildman–Crippen LogP) is 2.93. The molecule has 3 heteroatoms. The maximum atomic E-state index is 5.34. The summed E-state index contributed by atoms with van der Waals surface area (Å²) in [6, 6.07) is 0. The zero-order valence-electron chi connectivity index (χ0n) is 9.43. The van der Waals surface area contributed by atoms with Crippen LogP contribution in [0.15, 0.2) is 12.2 Å². The first-order chi connectivity index (χ1) is 5.90. The molecule has 2 nitrogen and oxygen atoms in total. The minimum Gasteiger partial charge on any atom is -0.364 e. The molecule has 0 aliphatic heterocycles. The van der Waals surface area contributed by atoms with Crippen molar-refractivity contribution in [3.8, 4) is 0 Å². The summed E-state index contributed by atoms with van der Waals surface area (Å²) in [7, 11) is 6.00. The lowest BCUT2D eigenvalue weighted by Gasteiger charge is -2.07. The van der Waals surface area contributed by atoms with Crippen LogP contribution in [0.5, 0.6) is 0 Å². The molecule has 1 unspecified atom stereocenters. The number of halogens is 1. The summed E-state index contributed by atoms with van der Waals surface area (Å²) in [5.41, 5.74) is 1.09. The molecule has 13 heavy (non-hydrogen) atoms. The van der Waals surface area contributed by atoms with E-state index < -0.39 is 0 Å². The minimum absolute atomic E-state index is 0.347. The Morgan fingerprint density at radius 1 is 1.46 bits per heavy atom. The number of nitrogens with zero attached hydrogens (tertiary/aromatic N) is 1. The van der Waals surface area contributed by atoms with E-state index in [9.17, 15) is 0 Å². The van der Waals surface area contributed by atoms with E-state index in [0.29, 0.717) is 10.7 Å². The fraction of sp³-hybridized carbons (Fsp3) is 0.800. The Bertz CT molecular complexity index is 123. The second kappa shape index (κ2) is 10.5. The van der Waals surface area contributed by atoms with Crippen LogP contribution in [0.25, 0.3) is 0 Å². The Kier molecular flexibility index (Phi) is 12.8. The summed E-state index contributed by atoms with van der Waals surface area (Å²) >= 11 is 2.28. The average Bonchev–Trinajstić information content (AvgIpc) is 1.99. The van der Waals surface area contributed by atoms with Gasteiger partial charge in [-0.15, -0.1) is 0 Å². The molecule has 0 aromatic carbocycles. The normalized spacial score (nSPS) is 11.9. The van der Waals surface area contributed by atoms with Crippen molar-refractivity contribution in [3.63, 3.8) is 0 Å². The van der Waals surface area contributed by atoms with Crippen LogP contribution in [0, 0.1) is 0 Å². The Morgan fingerprint density at radius 2 is 1.85 bits per heavy atom. The van der Waals surface area contributed by atoms with E-state index in [1.807, 2.05) is 33.0 Å². The monoisotopic (exact) mass is 299 g/mol. The molecular weight excluding hydrogens is 277 g/mol. The molecule has 0 bridgehead atoms. The maximum Gasteiger partial charge on any atom is 0.109 e. The van der Waals surface area contributed by atoms with E-state index >= 15 is 0 Å². The molecular formula is C10H22INO. The average molecular weight is 299 g/mol. The van der Waals surface area contributed by atoms with Crippen molar-refractivity contribution < 1.29 is 4.74 Å². The lowest BCUT2D eigenvalue weighted by Crippen LogP contribution is -2.03. The fourth-order valence-corrected chi connectivity index (χ4v) is 0.530. The lowest BCUT2D eigenvalue weighted by atomic mass is 10.4. The largest absolute Gasteiger partial charge is 0.364 e. The highest BCUT2D eigenvalue weighted by molar-refractivity contribution is 14.1. The van der Waals surface area contributed by atoms with Gasteiger partial charge < -0.3 is 9.64 Å². The van der Waals surface area contributed by atoms with Gasteiger partial charge in [-0.2, -0.15) is 0 Å². The molecule has 0 heterocycles. The van der Waals surface area contributed by atoms with Gasteiger partial charge in [-0.05, 0) is 34.5 Å². The van der Waals surface area contributed by atoms with Gasteiger partial charge in [-0.25, -0.2) is 0 Å². The Morgan fingerprint density at radius 3 is 2.08 bits per heavy atom. The summed E-state index contributed by atoms with van der Waals surface area (Å²) in [5, 5.41) is 0. The van der Waals surface area contributed by atoms with Crippen LogP contribution >= 0.6 is 22.6 Å². The van der Waals surface area contributed by atoms with Crippen LogP contribution in [-0.2, 0) is 4.74 Å². The molecule has 80 valence electrons. The van der Waals surface area contributed by atoms with E-state index in [0.717, 1.165) is 12.0 Å². The van der Waals surface area contributed by atoms with Gasteiger partial charge in [0.25, 0.3) is 0 Å². The summed E-state index contributed by atoms with van der Waals surface area (Å²) in [6.45, 7) is 8.51. The van der Waals surface area contributed by atoms with Crippen molar-refractivity contribution in [2.75, 3.05) is 27.7 Å². The molecule has 0 spiro atoms. The van der Waals surface area contributed by atoms with Crippen molar-refractivity contribution in [1.82, 2.24) is 4.90 Å². The van der Waals surface area contributed by atoms with E-state index in [1.54, 1.807) is 0 Å². The molecule has 0 aliphatic rings. The van der Waals surface area contributed by atoms with Gasteiger partial charge >= 0.3 is 0 Å². The molecule has 0 aromatic heterocycles. The van der Waals surface area contributed by atoms with Crippen LogP contribution in [0.2, 0.25) is 0 Å². The molecule has 0 rings (SSSR count). The first-order valence-electron chi connectivity index (χ1n) is 4.41. The van der Waals surface area contributed by atoms with Gasteiger partial charge in [-0.3, -0.25) is 0 Å². The number of hydrogen-bond acceptors (Lipinski definition) is 2. The van der Waals surface area contributed by atoms with Gasteiger partial charge in [0.05, 0.1) is 6.61 Å². The fourth-order valence-electron chi connectivity index (χ4n) is 0.351. The maximum absolute atomic E-state index is 5.34. The third kappa shape index (κ3) is 24.5. The van der Waals surface area contributed by atoms with Crippen molar-refractivity contribution >= 4 is 22.6 Å². The molecule has 0 aliphatic carbocycles. The number of rotatable bonds is 4. The lowest BCUT2D eigenvalue weighted by molar-refractivity contribution is 0.142. The van der Waals surface area contributed by atoms with Crippen molar-refractivity contribution in [2.45, 2.75) is 24.4 Å². The zero-order valence-corrected chi connectivity index (χ0v) is 11.6. The first kappa shape index (κ1) is 15.8. The van der Waals surface area contributed by atoms with E-state index in [1.165, 1.54) is 0 Å². The van der Waals surface area contributed by atoms with Gasteiger partial charge in [0, 0.05) is 0 Å². The Labute approximate surface area is 96.5 Å². The molecule has 0 amide bonds. The van der Waals surface area contributed by atoms with Crippen molar-refractivity contribution in [3.05, 3.63) is 12.2 Å². The van der Waals surface area contributed by atoms with Crippen molar-refractivity contribution in [2.24, 2.45) is 0 Å². The van der Waals surface area contributed by atoms with Crippen LogP contribution in [0.4, 0.5) is 0 Å². The quantitative estimate of drug-likeness (QED) is 0.449. The number of hydrogen-bond donors (Lipinski definition) is 0. The minimum atomic E-state index is 0.347. The standard InChI is InChI=1S/C7H13IO.C3H9N/c1-4-7(8)9-5-6(2)3;1-4(2)3/h7H,2,4-5H2,1,3H3;1-3H3. The zero-order chi connectivity index (χ0) is 10.9. The number of ether oxygens (including phenoxy) is 1. The second-order valence-electron chi connectivity index (χ2n) is 3.43. The highest BCUT2D eigenvalue weighted by atomic mass is 127. The molecule has 0 radical (unpaired) electrons. The molecule has 0 aromatic rings. The van der Waals surface area contributed by atoms with Gasteiger partial charge in [0.1, 0.15) is 4.11 Å². The smallest absolute Gasteiger partial charge is 0.109 e. The predicted molar refractivity (Wildman–Crippen MR) is 68.5 cm³/mol. The molecule has 0 fully saturated rings. The Hall–Kier alpha value is 0.390. The van der Waals surface area contributed by atoms with E-state index in [4.69, 9.17) is 4.74 Å². The molecule has 1 atom stereocenters. The summed E-state index contributed by atoms with van der Waals surface area (Å²) < 4.78 is 5.69. The van der Waals surface area contributed by atoms with Crippen LogP contribution in [-0.4, -0.2) is 36.8 Å². The van der Waals surface area contributed by atoms with Gasteiger partial charge in [0.2, 0.25) is 0 Å². The van der Waals surface area contributed by atoms with Crippen molar-refractivity contribution in [1.29, 1.82) is 0 Å². The second-order valence-corrected chi connectivity index (χ2v) is 4.82. The third-order valence-electron chi connectivity index (χ3n) is 0.832. The topological polar surface area (TPSA) is 12.5 Å². The molecule has 0 N–H and O–H groups in total. The van der Waals surface area contributed by atoms with E-state index in [-0.39, 0.29) is 0 Å². The molecule has 0 saturated heterocycles. The third-order valence-corrected chi connectivity index (χ3v) is 2.07. The molecule has 0 saturated carbocycles. The highest BCUT2D eigenvalue weighted by Crippen LogP contribution is 2.07. The SMILES string of the molecule is C=C(C)COC(I)CC.CN(C)C. The summed E-state index contributed by atoms with van der Waals surface area (Å²) in [4.78, 5) is 2.00. The first-order valence-corrected chi connectivity index (χ1v) is 5.65. The van der Waals surface area contributed by atoms with Crippen LogP contribution < -0.4 is 0 Å². The van der Waals surface area contributed by atoms with Crippen LogP contribution in [0.1, 0.15) is 20.3 Å². The highest BCUT2D eigenvalue weighted by Gasteiger charge is 1.97. The van der Waals surface area contributed by atoms with Gasteiger partial charge in [0.15, 0.2) is 0 Å². The van der Waals surface area contributed by atoms with Gasteiger partial charge in [-0.1, -0.05) is 41.7 Å². The number of alkyl halides is 1. The summed E-state index contributed by atoms with van der Waals surface area (Å²) in [6.07, 6.45) is 1.06. The Balaban J connectivity index is 0. The van der Waals surface area contributed by atoms with E-state index in [2.05, 4.69) is 36.1 Å².